The summed E-state index contributed by atoms with van der Waals surface area (Å²) in [4.78, 5) is 38.6. The fourth-order valence-corrected chi connectivity index (χ4v) is 5.75. The van der Waals surface area contributed by atoms with Crippen LogP contribution in [0.15, 0.2) is 109 Å². The number of aromatic nitrogens is 1. The van der Waals surface area contributed by atoms with Crippen molar-refractivity contribution in [3.8, 4) is 5.88 Å². The molecule has 1 saturated heterocycles. The molecule has 5 rings (SSSR count). The van der Waals surface area contributed by atoms with E-state index >= 15 is 0 Å². The van der Waals surface area contributed by atoms with E-state index in [1.807, 2.05) is 53.4 Å². The van der Waals surface area contributed by atoms with Crippen LogP contribution >= 0.6 is 0 Å². The van der Waals surface area contributed by atoms with E-state index in [1.165, 1.54) is 34.7 Å². The summed E-state index contributed by atoms with van der Waals surface area (Å²) >= 11 is 0. The molecule has 0 bridgehead atoms. The van der Waals surface area contributed by atoms with Crippen molar-refractivity contribution in [3.63, 3.8) is 0 Å². The average Bonchev–Trinajstić information content (AvgIpc) is 3.13. The van der Waals surface area contributed by atoms with Gasteiger partial charge < -0.3 is 19.3 Å². The number of carbonyl (C=O) groups excluding carboxylic acids is 2. The Morgan fingerprint density at radius 2 is 1.50 bits per heavy atom. The summed E-state index contributed by atoms with van der Waals surface area (Å²) in [6.45, 7) is 3.98. The molecule has 4 aromatic rings. The van der Waals surface area contributed by atoms with Crippen LogP contribution in [0.1, 0.15) is 27.8 Å². The molecule has 0 aliphatic carbocycles. The van der Waals surface area contributed by atoms with Crippen LogP contribution in [0.25, 0.3) is 6.08 Å². The van der Waals surface area contributed by atoms with E-state index in [0.29, 0.717) is 56.4 Å². The normalized spacial score (nSPS) is 14.4. The van der Waals surface area contributed by atoms with Gasteiger partial charge in [-0.15, -0.1) is 0 Å². The fraction of sp³-hybridized carbons (Fsp3) is 0.308. The topological polar surface area (TPSA) is 75.2 Å². The quantitative estimate of drug-likeness (QED) is 0.118. The molecule has 8 nitrogen and oxygen atoms in total. The summed E-state index contributed by atoms with van der Waals surface area (Å²) in [5, 5.41) is 0. The lowest BCUT2D eigenvalue weighted by molar-refractivity contribution is -0.145. The Hall–Kier alpha value is -5.00. The zero-order chi connectivity index (χ0) is 35.3. The molecule has 50 heavy (non-hydrogen) atoms. The number of piperazine rings is 1. The van der Waals surface area contributed by atoms with Gasteiger partial charge in [0.1, 0.15) is 12.6 Å². The van der Waals surface area contributed by atoms with Crippen molar-refractivity contribution in [3.05, 3.63) is 137 Å². The molecule has 0 N–H and O–H groups in total. The zero-order valence-electron chi connectivity index (χ0n) is 28.0. The van der Waals surface area contributed by atoms with Gasteiger partial charge in [-0.05, 0) is 40.5 Å². The molecular formula is C39H41F3N4O4. The average molecular weight is 687 g/mol. The van der Waals surface area contributed by atoms with E-state index in [4.69, 9.17) is 9.47 Å². The molecular weight excluding hydrogens is 645 g/mol. The number of amides is 2. The molecule has 1 aliphatic rings. The second-order valence-corrected chi connectivity index (χ2v) is 12.1. The molecule has 0 saturated carbocycles. The summed E-state index contributed by atoms with van der Waals surface area (Å²) in [6, 6.07) is 26.9. The molecule has 2 heterocycles. The Kier molecular flexibility index (Phi) is 12.8. The lowest BCUT2D eigenvalue weighted by Crippen LogP contribution is -2.56. The first kappa shape index (κ1) is 36.3. The second kappa shape index (κ2) is 17.6. The first-order valence-corrected chi connectivity index (χ1v) is 16.5. The zero-order valence-corrected chi connectivity index (χ0v) is 28.0. The Balaban J connectivity index is 1.40. The molecule has 0 radical (unpaired) electrons. The number of carbonyl (C=O) groups is 2. The van der Waals surface area contributed by atoms with E-state index < -0.39 is 23.7 Å². The summed E-state index contributed by atoms with van der Waals surface area (Å²) in [5.74, 6) is -0.226. The molecule has 3 aromatic carbocycles. The molecule has 262 valence electrons. The van der Waals surface area contributed by atoms with Crippen molar-refractivity contribution < 1.29 is 32.2 Å². The van der Waals surface area contributed by atoms with Gasteiger partial charge in [0.15, 0.2) is 0 Å². The highest BCUT2D eigenvalue weighted by Crippen LogP contribution is 2.29. The van der Waals surface area contributed by atoms with Gasteiger partial charge in [0.05, 0.1) is 12.2 Å². The van der Waals surface area contributed by atoms with Crippen molar-refractivity contribution in [2.24, 2.45) is 0 Å². The number of alkyl halides is 3. The number of benzene rings is 3. The maximum atomic E-state index is 14.4. The summed E-state index contributed by atoms with van der Waals surface area (Å²) in [6.07, 6.45) is 0.184. The van der Waals surface area contributed by atoms with Gasteiger partial charge in [-0.1, -0.05) is 78.9 Å². The van der Waals surface area contributed by atoms with E-state index in [-0.39, 0.29) is 18.9 Å². The number of hydrogen-bond acceptors (Lipinski definition) is 6. The van der Waals surface area contributed by atoms with Crippen LogP contribution in [0.2, 0.25) is 0 Å². The molecule has 1 fully saturated rings. The van der Waals surface area contributed by atoms with Crippen molar-refractivity contribution in [1.82, 2.24) is 19.7 Å². The number of ether oxygens (including phenoxy) is 2. The Bertz CT molecular complexity index is 1680. The first-order chi connectivity index (χ1) is 24.2. The fourth-order valence-electron chi connectivity index (χ4n) is 5.75. The molecule has 0 spiro atoms. The third-order valence-electron chi connectivity index (χ3n) is 8.49. The molecule has 1 aliphatic heterocycles. The van der Waals surface area contributed by atoms with Crippen molar-refractivity contribution in [2.45, 2.75) is 31.7 Å². The van der Waals surface area contributed by atoms with Crippen LogP contribution in [0.5, 0.6) is 5.88 Å². The predicted octanol–water partition coefficient (Wildman–Crippen LogP) is 6.12. The van der Waals surface area contributed by atoms with Crippen LogP contribution in [0.4, 0.5) is 13.2 Å². The Labute approximate surface area is 290 Å². The van der Waals surface area contributed by atoms with Gasteiger partial charge in [0.2, 0.25) is 17.7 Å². The highest BCUT2D eigenvalue weighted by Gasteiger charge is 2.34. The van der Waals surface area contributed by atoms with Gasteiger partial charge in [0.25, 0.3) is 0 Å². The summed E-state index contributed by atoms with van der Waals surface area (Å²) < 4.78 is 50.0. The summed E-state index contributed by atoms with van der Waals surface area (Å²) in [5.41, 5.74) is 2.42. The van der Waals surface area contributed by atoms with Crippen molar-refractivity contribution in [2.75, 3.05) is 46.5 Å². The molecule has 11 heteroatoms. The minimum atomic E-state index is -4.47. The van der Waals surface area contributed by atoms with Gasteiger partial charge in [-0.3, -0.25) is 14.5 Å². The lowest BCUT2D eigenvalue weighted by Gasteiger charge is -2.39. The van der Waals surface area contributed by atoms with Crippen molar-refractivity contribution >= 4 is 17.9 Å². The van der Waals surface area contributed by atoms with Crippen LogP contribution in [-0.4, -0.2) is 84.0 Å². The number of halogens is 3. The molecule has 2 amide bonds. The largest absolute Gasteiger partial charge is 0.475 e. The predicted molar refractivity (Wildman–Crippen MR) is 185 cm³/mol. The number of nitrogens with zero attached hydrogens (tertiary/aromatic N) is 4. The van der Waals surface area contributed by atoms with E-state index in [1.54, 1.807) is 25.4 Å². The highest BCUT2D eigenvalue weighted by molar-refractivity contribution is 5.95. The third-order valence-corrected chi connectivity index (χ3v) is 8.49. The maximum absolute atomic E-state index is 14.4. The minimum Gasteiger partial charge on any atom is -0.475 e. The maximum Gasteiger partial charge on any atom is 0.416 e. The number of rotatable bonds is 14. The standard InChI is InChI=1S/C39H41F3N4O4/c1-49-24-25-50-36-18-14-33(27-43-36)29-46(37(47)19-15-30-12-16-34(17-13-30)39(40,41)42)35(26-31-8-4-2-5-9-31)38(48)45-22-20-44(21-23-45)28-32-10-6-3-7-11-32/h2-19,27,35H,20-26,28-29H2,1H3/t35-/m0/s1. The smallest absolute Gasteiger partial charge is 0.416 e. The Morgan fingerprint density at radius 3 is 2.10 bits per heavy atom. The SMILES string of the molecule is COCCOc1ccc(CN(C(=O)C=Cc2ccc(C(F)(F)F)cc2)[C@@H](Cc2ccccc2)C(=O)N2CCN(Cc3ccccc3)CC2)cn1. The van der Waals surface area contributed by atoms with Crippen molar-refractivity contribution in [1.29, 1.82) is 0 Å². The van der Waals surface area contributed by atoms with Gasteiger partial charge in [-0.2, -0.15) is 13.2 Å². The summed E-state index contributed by atoms with van der Waals surface area (Å²) in [7, 11) is 1.58. The third kappa shape index (κ3) is 10.5. The van der Waals surface area contributed by atoms with Crippen LogP contribution in [0.3, 0.4) is 0 Å². The molecule has 0 unspecified atom stereocenters. The van der Waals surface area contributed by atoms with Crippen LogP contribution < -0.4 is 4.74 Å². The molecule has 1 aromatic heterocycles. The lowest BCUT2D eigenvalue weighted by atomic mass is 10.0. The highest BCUT2D eigenvalue weighted by atomic mass is 19.4. The van der Waals surface area contributed by atoms with Crippen LogP contribution in [0, 0.1) is 0 Å². The van der Waals surface area contributed by atoms with E-state index in [2.05, 4.69) is 22.0 Å². The van der Waals surface area contributed by atoms with E-state index in [0.717, 1.165) is 24.2 Å². The number of hydrogen-bond donors (Lipinski definition) is 0. The number of pyridine rings is 1. The first-order valence-electron chi connectivity index (χ1n) is 16.5. The second-order valence-electron chi connectivity index (χ2n) is 12.1. The van der Waals surface area contributed by atoms with Gasteiger partial charge in [0, 0.05) is 71.1 Å². The van der Waals surface area contributed by atoms with E-state index in [9.17, 15) is 22.8 Å². The van der Waals surface area contributed by atoms with Gasteiger partial charge >= 0.3 is 6.18 Å². The van der Waals surface area contributed by atoms with Crippen LogP contribution in [-0.2, 0) is 40.0 Å². The number of methoxy groups -OCH3 is 1. The van der Waals surface area contributed by atoms with Gasteiger partial charge in [-0.25, -0.2) is 4.98 Å². The Morgan fingerprint density at radius 1 is 0.840 bits per heavy atom. The monoisotopic (exact) mass is 686 g/mol. The minimum absolute atomic E-state index is 0.0682. The molecule has 1 atom stereocenters.